The van der Waals surface area contributed by atoms with Gasteiger partial charge < -0.3 is 0 Å². The second kappa shape index (κ2) is 3.54. The minimum Gasteiger partial charge on any atom is -0.297 e. The minimum absolute atomic E-state index is 0.289. The predicted octanol–water partition coefficient (Wildman–Crippen LogP) is 2.01. The number of carbonyl (C=O) groups excluding carboxylic acids is 1. The van der Waals surface area contributed by atoms with E-state index in [-0.39, 0.29) is 12.7 Å². The van der Waals surface area contributed by atoms with Crippen molar-refractivity contribution in [3.05, 3.63) is 0 Å². The average molecular weight is 136 g/mol. The van der Waals surface area contributed by atoms with Crippen LogP contribution < -0.4 is 0 Å². The van der Waals surface area contributed by atoms with Crippen LogP contribution >= 0.6 is 0 Å². The molecule has 0 radical (unpaired) electrons. The maximum Gasteiger partial charge on any atom is 0.302 e. The Bertz CT molecular complexity index is 91.1. The Morgan fingerprint density at radius 2 is 2.11 bits per heavy atom. The Morgan fingerprint density at radius 1 is 1.56 bits per heavy atom. The summed E-state index contributed by atoms with van der Waals surface area (Å²) in [5.41, 5.74) is 0. The van der Waals surface area contributed by atoms with E-state index in [9.17, 15) is 13.6 Å². The van der Waals surface area contributed by atoms with Crippen molar-refractivity contribution < 1.29 is 13.6 Å². The van der Waals surface area contributed by atoms with Gasteiger partial charge in [-0.25, -0.2) is 0 Å². The fraction of sp³-hybridized carbons (Fsp3) is 0.833. The SMILES string of the molecule is CCCCC(F)(F)C=O. The highest BCUT2D eigenvalue weighted by atomic mass is 19.3. The van der Waals surface area contributed by atoms with Crippen LogP contribution in [0.1, 0.15) is 26.2 Å². The molecule has 0 N–H and O–H groups in total. The monoisotopic (exact) mass is 136 g/mol. The number of halogens is 2. The summed E-state index contributed by atoms with van der Waals surface area (Å²) >= 11 is 0. The maximum atomic E-state index is 12.0. The van der Waals surface area contributed by atoms with Crippen molar-refractivity contribution in [3.63, 3.8) is 0 Å². The van der Waals surface area contributed by atoms with Gasteiger partial charge in [-0.05, 0) is 6.42 Å². The van der Waals surface area contributed by atoms with Gasteiger partial charge in [0, 0.05) is 6.42 Å². The molecule has 1 nitrogen and oxygen atoms in total. The molecule has 0 bridgehead atoms. The van der Waals surface area contributed by atoms with Crippen LogP contribution in [-0.4, -0.2) is 12.2 Å². The van der Waals surface area contributed by atoms with Crippen molar-refractivity contribution in [2.75, 3.05) is 0 Å². The zero-order valence-corrected chi connectivity index (χ0v) is 5.36. The standard InChI is InChI=1S/C6H10F2O/c1-2-3-4-6(7,8)5-9/h5H,2-4H2,1H3. The first-order valence-electron chi connectivity index (χ1n) is 2.96. The summed E-state index contributed by atoms with van der Waals surface area (Å²) in [4.78, 5) is 9.58. The second-order valence-corrected chi connectivity index (χ2v) is 1.98. The van der Waals surface area contributed by atoms with Crippen LogP contribution in [0.2, 0.25) is 0 Å². The maximum absolute atomic E-state index is 12.0. The van der Waals surface area contributed by atoms with E-state index in [0.29, 0.717) is 12.8 Å². The molecule has 54 valence electrons. The zero-order valence-electron chi connectivity index (χ0n) is 5.36. The van der Waals surface area contributed by atoms with Crippen LogP contribution in [0, 0.1) is 0 Å². The number of rotatable bonds is 4. The molecule has 0 unspecified atom stereocenters. The first-order valence-corrected chi connectivity index (χ1v) is 2.96. The molecular formula is C6H10F2O. The lowest BCUT2D eigenvalue weighted by Gasteiger charge is -2.05. The van der Waals surface area contributed by atoms with Crippen LogP contribution in [0.15, 0.2) is 0 Å². The normalized spacial score (nSPS) is 11.4. The summed E-state index contributed by atoms with van der Waals surface area (Å²) in [5, 5.41) is 0. The van der Waals surface area contributed by atoms with E-state index in [0.717, 1.165) is 0 Å². The Kier molecular flexibility index (Phi) is 3.35. The lowest BCUT2D eigenvalue weighted by atomic mass is 10.2. The number of hydrogen-bond donors (Lipinski definition) is 0. The van der Waals surface area contributed by atoms with E-state index >= 15 is 0 Å². The fourth-order valence-electron chi connectivity index (χ4n) is 0.471. The van der Waals surface area contributed by atoms with Gasteiger partial charge in [0.1, 0.15) is 0 Å². The van der Waals surface area contributed by atoms with Crippen molar-refractivity contribution in [1.29, 1.82) is 0 Å². The van der Waals surface area contributed by atoms with Gasteiger partial charge in [-0.3, -0.25) is 4.79 Å². The lowest BCUT2D eigenvalue weighted by molar-refractivity contribution is -0.130. The van der Waals surface area contributed by atoms with Crippen molar-refractivity contribution in [3.8, 4) is 0 Å². The minimum atomic E-state index is -3.09. The highest BCUT2D eigenvalue weighted by molar-refractivity contribution is 5.59. The molecule has 3 heteroatoms. The van der Waals surface area contributed by atoms with Gasteiger partial charge in [-0.15, -0.1) is 0 Å². The third-order valence-electron chi connectivity index (χ3n) is 1.04. The van der Waals surface area contributed by atoms with Crippen LogP contribution in [0.25, 0.3) is 0 Å². The van der Waals surface area contributed by atoms with Gasteiger partial charge in [0.2, 0.25) is 0 Å². The van der Waals surface area contributed by atoms with Gasteiger partial charge in [0.25, 0.3) is 0 Å². The quantitative estimate of drug-likeness (QED) is 0.540. The summed E-state index contributed by atoms with van der Waals surface area (Å²) in [7, 11) is 0. The summed E-state index contributed by atoms with van der Waals surface area (Å²) < 4.78 is 23.9. The highest BCUT2D eigenvalue weighted by Crippen LogP contribution is 2.17. The van der Waals surface area contributed by atoms with Gasteiger partial charge in [0.15, 0.2) is 6.29 Å². The molecular weight excluding hydrogens is 126 g/mol. The second-order valence-electron chi connectivity index (χ2n) is 1.98. The first-order chi connectivity index (χ1) is 4.12. The molecule has 0 aromatic rings. The molecule has 0 amide bonds. The van der Waals surface area contributed by atoms with E-state index in [1.807, 2.05) is 0 Å². The molecule has 0 heterocycles. The van der Waals surface area contributed by atoms with E-state index in [4.69, 9.17) is 0 Å². The zero-order chi connectivity index (χ0) is 7.33. The molecule has 0 aliphatic rings. The van der Waals surface area contributed by atoms with Crippen LogP contribution in [0.4, 0.5) is 8.78 Å². The molecule has 0 saturated heterocycles. The topological polar surface area (TPSA) is 17.1 Å². The summed E-state index contributed by atoms with van der Waals surface area (Å²) in [6, 6.07) is 0. The van der Waals surface area contributed by atoms with Crippen molar-refractivity contribution >= 4 is 6.29 Å². The molecule has 0 atom stereocenters. The predicted molar refractivity (Wildman–Crippen MR) is 30.5 cm³/mol. The number of alkyl halides is 2. The summed E-state index contributed by atoms with van der Waals surface area (Å²) in [5.74, 6) is -3.09. The fourth-order valence-corrected chi connectivity index (χ4v) is 0.471. The van der Waals surface area contributed by atoms with Gasteiger partial charge in [-0.1, -0.05) is 13.3 Å². The van der Waals surface area contributed by atoms with Crippen LogP contribution in [-0.2, 0) is 4.79 Å². The molecule has 0 aromatic carbocycles. The molecule has 0 rings (SSSR count). The van der Waals surface area contributed by atoms with Crippen LogP contribution in [0.3, 0.4) is 0 Å². The van der Waals surface area contributed by atoms with Crippen molar-refractivity contribution in [2.24, 2.45) is 0 Å². The number of hydrogen-bond acceptors (Lipinski definition) is 1. The van der Waals surface area contributed by atoms with Crippen LogP contribution in [0.5, 0.6) is 0 Å². The molecule has 0 fully saturated rings. The Labute approximate surface area is 53.1 Å². The molecule has 0 aliphatic carbocycles. The molecule has 0 aromatic heterocycles. The molecule has 0 saturated carbocycles. The van der Waals surface area contributed by atoms with Crippen molar-refractivity contribution in [2.45, 2.75) is 32.1 Å². The summed E-state index contributed by atoms with van der Waals surface area (Å²) in [6.07, 6.45) is 0.505. The van der Waals surface area contributed by atoms with E-state index < -0.39 is 5.92 Å². The Hall–Kier alpha value is -0.470. The number of aldehydes is 1. The van der Waals surface area contributed by atoms with E-state index in [1.165, 1.54) is 0 Å². The van der Waals surface area contributed by atoms with Gasteiger partial charge in [-0.2, -0.15) is 8.78 Å². The van der Waals surface area contributed by atoms with E-state index in [1.54, 1.807) is 6.92 Å². The number of unbranched alkanes of at least 4 members (excludes halogenated alkanes) is 1. The van der Waals surface area contributed by atoms with E-state index in [2.05, 4.69) is 0 Å². The third-order valence-corrected chi connectivity index (χ3v) is 1.04. The lowest BCUT2D eigenvalue weighted by Crippen LogP contribution is -2.16. The molecule has 0 aliphatic heterocycles. The highest BCUT2D eigenvalue weighted by Gasteiger charge is 2.26. The molecule has 0 spiro atoms. The summed E-state index contributed by atoms with van der Waals surface area (Å²) in [6.45, 7) is 1.81. The first kappa shape index (κ1) is 8.53. The average Bonchev–Trinajstić information content (AvgIpc) is 1.84. The van der Waals surface area contributed by atoms with Gasteiger partial charge >= 0.3 is 5.92 Å². The number of carbonyl (C=O) groups is 1. The largest absolute Gasteiger partial charge is 0.302 e. The third kappa shape index (κ3) is 4.06. The smallest absolute Gasteiger partial charge is 0.297 e. The van der Waals surface area contributed by atoms with Crippen molar-refractivity contribution in [1.82, 2.24) is 0 Å². The molecule has 9 heavy (non-hydrogen) atoms. The Balaban J connectivity index is 3.45. The van der Waals surface area contributed by atoms with Gasteiger partial charge in [0.05, 0.1) is 0 Å². The Morgan fingerprint density at radius 3 is 2.44 bits per heavy atom.